The van der Waals surface area contributed by atoms with Crippen LogP contribution in [0.3, 0.4) is 0 Å². The van der Waals surface area contributed by atoms with E-state index in [-0.39, 0.29) is 15.5 Å². The summed E-state index contributed by atoms with van der Waals surface area (Å²) in [6.07, 6.45) is 3.82. The van der Waals surface area contributed by atoms with E-state index >= 15 is 0 Å². The molecule has 1 N–H and O–H groups in total. The Bertz CT molecular complexity index is 751. The molecule has 2 heterocycles. The van der Waals surface area contributed by atoms with Gasteiger partial charge in [0.2, 0.25) is 14.2 Å². The second-order valence-corrected chi connectivity index (χ2v) is 9.61. The van der Waals surface area contributed by atoms with Crippen LogP contribution >= 0.6 is 11.3 Å². The Morgan fingerprint density at radius 3 is 2.67 bits per heavy atom. The SMILES string of the molecule is CC(C)(C)c1cnc(S(=O)(=O)Cc2nc(C3CC3)n[nH]2)s1. The number of rotatable bonds is 4. The Morgan fingerprint density at radius 2 is 2.10 bits per heavy atom. The fourth-order valence-corrected chi connectivity index (χ4v) is 4.37. The zero-order chi connectivity index (χ0) is 15.3. The standard InChI is InChI=1S/C13H18N4O2S2/c1-13(2,3)9-6-14-12(20-9)21(18,19)7-10-15-11(17-16-10)8-4-5-8/h6,8H,4-5,7H2,1-3H3,(H,15,16,17). The minimum Gasteiger partial charge on any atom is -0.262 e. The highest BCUT2D eigenvalue weighted by molar-refractivity contribution is 7.92. The van der Waals surface area contributed by atoms with Crippen LogP contribution < -0.4 is 0 Å². The highest BCUT2D eigenvalue weighted by atomic mass is 32.2. The summed E-state index contributed by atoms with van der Waals surface area (Å²) in [6.45, 7) is 6.11. The first kappa shape index (κ1) is 14.6. The molecule has 0 aromatic carbocycles. The van der Waals surface area contributed by atoms with Gasteiger partial charge in [0.1, 0.15) is 11.6 Å². The Balaban J connectivity index is 1.80. The van der Waals surface area contributed by atoms with Crippen LogP contribution in [0.2, 0.25) is 0 Å². The van der Waals surface area contributed by atoms with E-state index in [0.29, 0.717) is 11.7 Å². The van der Waals surface area contributed by atoms with Crippen molar-refractivity contribution in [3.63, 3.8) is 0 Å². The molecular formula is C13H18N4O2S2. The van der Waals surface area contributed by atoms with Crippen LogP contribution in [0.1, 0.15) is 56.1 Å². The molecule has 8 heteroatoms. The minimum absolute atomic E-state index is 0.100. The second kappa shape index (κ2) is 4.88. The van der Waals surface area contributed by atoms with Gasteiger partial charge in [-0.25, -0.2) is 18.4 Å². The summed E-state index contributed by atoms with van der Waals surface area (Å²) in [6, 6.07) is 0. The van der Waals surface area contributed by atoms with E-state index in [1.807, 2.05) is 20.8 Å². The Kier molecular flexibility index (Phi) is 3.40. The van der Waals surface area contributed by atoms with E-state index in [4.69, 9.17) is 0 Å². The van der Waals surface area contributed by atoms with E-state index < -0.39 is 9.84 Å². The van der Waals surface area contributed by atoms with Gasteiger partial charge in [0.15, 0.2) is 5.82 Å². The highest BCUT2D eigenvalue weighted by Gasteiger charge is 2.29. The summed E-state index contributed by atoms with van der Waals surface area (Å²) in [5, 5.41) is 6.81. The van der Waals surface area contributed by atoms with E-state index in [0.717, 1.165) is 23.5 Å². The lowest BCUT2D eigenvalue weighted by molar-refractivity contribution is 0.592. The molecule has 114 valence electrons. The predicted molar refractivity (Wildman–Crippen MR) is 80.1 cm³/mol. The smallest absolute Gasteiger partial charge is 0.212 e. The molecule has 21 heavy (non-hydrogen) atoms. The number of aromatic amines is 1. The lowest BCUT2D eigenvalue weighted by atomic mass is 9.96. The zero-order valence-corrected chi connectivity index (χ0v) is 13.9. The van der Waals surface area contributed by atoms with Crippen LogP contribution in [-0.4, -0.2) is 28.6 Å². The summed E-state index contributed by atoms with van der Waals surface area (Å²) in [5.41, 5.74) is -0.100. The third-order valence-corrected chi connectivity index (χ3v) is 6.83. The number of thiazole rings is 1. The first-order chi connectivity index (χ1) is 9.75. The first-order valence-corrected chi connectivity index (χ1v) is 9.33. The molecule has 2 aromatic rings. The average molecular weight is 326 g/mol. The molecule has 0 bridgehead atoms. The Labute approximate surface area is 128 Å². The molecule has 1 aliphatic carbocycles. The molecule has 3 rings (SSSR count). The summed E-state index contributed by atoms with van der Waals surface area (Å²) < 4.78 is 24.9. The summed E-state index contributed by atoms with van der Waals surface area (Å²) in [5.74, 6) is 1.35. The lowest BCUT2D eigenvalue weighted by Crippen LogP contribution is -2.08. The van der Waals surface area contributed by atoms with Crippen molar-refractivity contribution in [1.29, 1.82) is 0 Å². The Hall–Kier alpha value is -1.28. The number of aromatic nitrogens is 4. The van der Waals surface area contributed by atoms with Crippen molar-refractivity contribution in [2.45, 2.75) is 55.0 Å². The molecule has 0 radical (unpaired) electrons. The lowest BCUT2D eigenvalue weighted by Gasteiger charge is -2.14. The monoisotopic (exact) mass is 326 g/mol. The first-order valence-electron chi connectivity index (χ1n) is 6.86. The van der Waals surface area contributed by atoms with Crippen LogP contribution in [0.5, 0.6) is 0 Å². The van der Waals surface area contributed by atoms with E-state index in [1.165, 1.54) is 11.3 Å². The van der Waals surface area contributed by atoms with Gasteiger partial charge in [-0.3, -0.25) is 5.10 Å². The second-order valence-electron chi connectivity index (χ2n) is 6.41. The van der Waals surface area contributed by atoms with Gasteiger partial charge in [0.05, 0.1) is 0 Å². The summed E-state index contributed by atoms with van der Waals surface area (Å²) >= 11 is 1.23. The highest BCUT2D eigenvalue weighted by Crippen LogP contribution is 2.38. The molecule has 1 aliphatic rings. The Morgan fingerprint density at radius 1 is 1.38 bits per heavy atom. The van der Waals surface area contributed by atoms with Gasteiger partial charge in [-0.2, -0.15) is 5.10 Å². The number of nitrogens with zero attached hydrogens (tertiary/aromatic N) is 3. The van der Waals surface area contributed by atoms with Crippen molar-refractivity contribution in [2.75, 3.05) is 0 Å². The van der Waals surface area contributed by atoms with Crippen molar-refractivity contribution in [3.8, 4) is 0 Å². The van der Waals surface area contributed by atoms with E-state index in [1.54, 1.807) is 6.20 Å². The number of hydrogen-bond donors (Lipinski definition) is 1. The van der Waals surface area contributed by atoms with Crippen molar-refractivity contribution in [2.24, 2.45) is 0 Å². The van der Waals surface area contributed by atoms with Crippen LogP contribution in [0.15, 0.2) is 10.5 Å². The van der Waals surface area contributed by atoms with E-state index in [2.05, 4.69) is 20.2 Å². The van der Waals surface area contributed by atoms with Crippen molar-refractivity contribution in [1.82, 2.24) is 20.2 Å². The molecule has 1 fully saturated rings. The number of sulfone groups is 1. The molecule has 0 saturated heterocycles. The molecule has 1 saturated carbocycles. The summed E-state index contributed by atoms with van der Waals surface area (Å²) in [7, 11) is -3.47. The molecule has 0 aliphatic heterocycles. The van der Waals surface area contributed by atoms with Crippen LogP contribution in [-0.2, 0) is 21.0 Å². The number of nitrogens with one attached hydrogen (secondary N) is 1. The van der Waals surface area contributed by atoms with Crippen molar-refractivity contribution >= 4 is 21.2 Å². The molecule has 0 spiro atoms. The largest absolute Gasteiger partial charge is 0.262 e. The summed E-state index contributed by atoms with van der Waals surface area (Å²) in [4.78, 5) is 9.30. The quantitative estimate of drug-likeness (QED) is 0.932. The maximum atomic E-state index is 12.4. The van der Waals surface area contributed by atoms with Gasteiger partial charge in [-0.1, -0.05) is 20.8 Å². The van der Waals surface area contributed by atoms with Gasteiger partial charge < -0.3 is 0 Å². The maximum absolute atomic E-state index is 12.4. The van der Waals surface area contributed by atoms with Gasteiger partial charge in [0.25, 0.3) is 0 Å². The molecule has 0 atom stereocenters. The third kappa shape index (κ3) is 3.16. The zero-order valence-electron chi connectivity index (χ0n) is 12.3. The minimum atomic E-state index is -3.47. The topological polar surface area (TPSA) is 88.6 Å². The van der Waals surface area contributed by atoms with E-state index in [9.17, 15) is 8.42 Å². The van der Waals surface area contributed by atoms with Gasteiger partial charge in [0, 0.05) is 17.0 Å². The molecule has 2 aromatic heterocycles. The maximum Gasteiger partial charge on any atom is 0.212 e. The van der Waals surface area contributed by atoms with Crippen LogP contribution in [0, 0.1) is 0 Å². The molecule has 6 nitrogen and oxygen atoms in total. The van der Waals surface area contributed by atoms with Gasteiger partial charge in [-0.05, 0) is 18.3 Å². The predicted octanol–water partition coefficient (Wildman–Crippen LogP) is 2.41. The third-order valence-electron chi connectivity index (χ3n) is 3.31. The van der Waals surface area contributed by atoms with Crippen molar-refractivity contribution in [3.05, 3.63) is 22.7 Å². The van der Waals surface area contributed by atoms with Crippen molar-refractivity contribution < 1.29 is 8.42 Å². The van der Waals surface area contributed by atoms with Gasteiger partial charge in [-0.15, -0.1) is 11.3 Å². The molecular weight excluding hydrogens is 308 g/mol. The molecule has 0 unspecified atom stereocenters. The normalized spacial score (nSPS) is 16.3. The molecule has 0 amide bonds. The fourth-order valence-electron chi connectivity index (χ4n) is 1.89. The van der Waals surface area contributed by atoms with Crippen LogP contribution in [0.25, 0.3) is 0 Å². The average Bonchev–Trinajstić information content (AvgIpc) is 2.90. The van der Waals surface area contributed by atoms with Gasteiger partial charge >= 0.3 is 0 Å². The number of hydrogen-bond acceptors (Lipinski definition) is 6. The fraction of sp³-hybridized carbons (Fsp3) is 0.615. The van der Waals surface area contributed by atoms with Crippen LogP contribution in [0.4, 0.5) is 0 Å². The number of H-pyrrole nitrogens is 1.